The predicted octanol–water partition coefficient (Wildman–Crippen LogP) is 3.85. The molecule has 26 heavy (non-hydrogen) atoms. The van der Waals surface area contributed by atoms with Gasteiger partial charge in [-0.3, -0.25) is 4.79 Å². The lowest BCUT2D eigenvalue weighted by Gasteiger charge is -2.29. The van der Waals surface area contributed by atoms with Gasteiger partial charge >= 0.3 is 0 Å². The first-order valence-corrected chi connectivity index (χ1v) is 8.64. The summed E-state index contributed by atoms with van der Waals surface area (Å²) in [4.78, 5) is 18.4. The Hall–Kier alpha value is -3.15. The topological polar surface area (TPSA) is 68.5 Å². The molecule has 3 aromatic rings. The van der Waals surface area contributed by atoms with Gasteiger partial charge in [0, 0.05) is 17.7 Å². The van der Waals surface area contributed by atoms with Gasteiger partial charge < -0.3 is 14.2 Å². The minimum absolute atomic E-state index is 0.0371. The SMILES string of the molecule is CCCN1C(=O)COc2ccc(-c3noc(-c4ccc(C)cc4)n3)cc21. The Balaban J connectivity index is 1.69. The number of nitrogens with zero attached hydrogens (tertiary/aromatic N) is 3. The van der Waals surface area contributed by atoms with Crippen molar-refractivity contribution in [2.45, 2.75) is 20.3 Å². The van der Waals surface area contributed by atoms with E-state index in [4.69, 9.17) is 9.26 Å². The zero-order chi connectivity index (χ0) is 18.1. The van der Waals surface area contributed by atoms with Crippen LogP contribution in [-0.4, -0.2) is 29.2 Å². The van der Waals surface area contributed by atoms with Crippen LogP contribution in [0.3, 0.4) is 0 Å². The number of hydrogen-bond acceptors (Lipinski definition) is 5. The third-order valence-electron chi connectivity index (χ3n) is 4.33. The number of aryl methyl sites for hydroxylation is 1. The van der Waals surface area contributed by atoms with Crippen LogP contribution in [-0.2, 0) is 4.79 Å². The van der Waals surface area contributed by atoms with Crippen LogP contribution in [0.15, 0.2) is 47.0 Å². The Morgan fingerprint density at radius 3 is 2.65 bits per heavy atom. The highest BCUT2D eigenvalue weighted by molar-refractivity contribution is 5.98. The van der Waals surface area contributed by atoms with Gasteiger partial charge in [0.1, 0.15) is 5.75 Å². The van der Waals surface area contributed by atoms with E-state index < -0.39 is 0 Å². The van der Waals surface area contributed by atoms with Crippen LogP contribution in [0, 0.1) is 6.92 Å². The molecule has 0 radical (unpaired) electrons. The van der Waals surface area contributed by atoms with Crippen LogP contribution >= 0.6 is 0 Å². The molecule has 0 N–H and O–H groups in total. The number of benzene rings is 2. The molecule has 0 aliphatic carbocycles. The molecular weight excluding hydrogens is 330 g/mol. The molecule has 0 saturated heterocycles. The highest BCUT2D eigenvalue weighted by Crippen LogP contribution is 2.36. The summed E-state index contributed by atoms with van der Waals surface area (Å²) in [6.07, 6.45) is 0.870. The van der Waals surface area contributed by atoms with Crippen molar-refractivity contribution in [3.05, 3.63) is 48.0 Å². The number of carbonyl (C=O) groups excluding carboxylic acids is 1. The average Bonchev–Trinajstić information content (AvgIpc) is 3.14. The summed E-state index contributed by atoms with van der Waals surface area (Å²) in [7, 11) is 0. The van der Waals surface area contributed by atoms with Crippen LogP contribution in [0.25, 0.3) is 22.8 Å². The lowest BCUT2D eigenvalue weighted by Crippen LogP contribution is -2.39. The second-order valence-electron chi connectivity index (χ2n) is 6.31. The van der Waals surface area contributed by atoms with Crippen LogP contribution in [0.1, 0.15) is 18.9 Å². The Labute approximate surface area is 151 Å². The standard InChI is InChI=1S/C20H19N3O3/c1-3-10-23-16-11-15(8-9-17(16)25-12-18(23)24)19-21-20(26-22-19)14-6-4-13(2)5-7-14/h4-9,11H,3,10,12H2,1-2H3. The van der Waals surface area contributed by atoms with E-state index in [0.717, 1.165) is 23.2 Å². The van der Waals surface area contributed by atoms with E-state index in [9.17, 15) is 4.79 Å². The summed E-state index contributed by atoms with van der Waals surface area (Å²) in [5.74, 6) is 1.61. The lowest BCUT2D eigenvalue weighted by molar-refractivity contribution is -0.121. The fraction of sp³-hybridized carbons (Fsp3) is 0.250. The van der Waals surface area contributed by atoms with E-state index in [-0.39, 0.29) is 12.5 Å². The van der Waals surface area contributed by atoms with Gasteiger partial charge in [-0.05, 0) is 43.7 Å². The van der Waals surface area contributed by atoms with Crippen molar-refractivity contribution in [2.24, 2.45) is 0 Å². The fourth-order valence-corrected chi connectivity index (χ4v) is 2.96. The van der Waals surface area contributed by atoms with Gasteiger partial charge in [-0.15, -0.1) is 0 Å². The van der Waals surface area contributed by atoms with Crippen molar-refractivity contribution in [2.75, 3.05) is 18.1 Å². The largest absolute Gasteiger partial charge is 0.482 e. The van der Waals surface area contributed by atoms with Gasteiger partial charge in [0.25, 0.3) is 11.8 Å². The highest BCUT2D eigenvalue weighted by Gasteiger charge is 2.25. The van der Waals surface area contributed by atoms with E-state index in [0.29, 0.717) is 24.0 Å². The molecule has 6 heteroatoms. The summed E-state index contributed by atoms with van der Waals surface area (Å²) >= 11 is 0. The minimum atomic E-state index is -0.0371. The number of aromatic nitrogens is 2. The predicted molar refractivity (Wildman–Crippen MR) is 98.0 cm³/mol. The summed E-state index contributed by atoms with van der Waals surface area (Å²) in [5, 5.41) is 4.09. The number of carbonyl (C=O) groups is 1. The molecule has 6 nitrogen and oxygen atoms in total. The summed E-state index contributed by atoms with van der Waals surface area (Å²) < 4.78 is 10.9. The first-order valence-electron chi connectivity index (χ1n) is 8.64. The molecule has 0 bridgehead atoms. The summed E-state index contributed by atoms with van der Waals surface area (Å²) in [6, 6.07) is 13.5. The molecule has 132 valence electrons. The van der Waals surface area contributed by atoms with Gasteiger partial charge in [-0.1, -0.05) is 29.8 Å². The third-order valence-corrected chi connectivity index (χ3v) is 4.33. The van der Waals surface area contributed by atoms with Crippen LogP contribution in [0.5, 0.6) is 5.75 Å². The Bertz CT molecular complexity index is 947. The molecule has 0 fully saturated rings. The monoisotopic (exact) mass is 349 g/mol. The first-order chi connectivity index (χ1) is 12.7. The smallest absolute Gasteiger partial charge is 0.265 e. The van der Waals surface area contributed by atoms with Crippen LogP contribution in [0.4, 0.5) is 5.69 Å². The second-order valence-corrected chi connectivity index (χ2v) is 6.31. The quantitative estimate of drug-likeness (QED) is 0.716. The minimum Gasteiger partial charge on any atom is -0.482 e. The summed E-state index contributed by atoms with van der Waals surface area (Å²) in [6.45, 7) is 4.80. The lowest BCUT2D eigenvalue weighted by atomic mass is 10.1. The maximum Gasteiger partial charge on any atom is 0.265 e. The average molecular weight is 349 g/mol. The number of anilines is 1. The number of rotatable bonds is 4. The van der Waals surface area contributed by atoms with Crippen LogP contribution in [0.2, 0.25) is 0 Å². The Morgan fingerprint density at radius 1 is 1.12 bits per heavy atom. The van der Waals surface area contributed by atoms with Crippen LogP contribution < -0.4 is 9.64 Å². The number of hydrogen-bond donors (Lipinski definition) is 0. The van der Waals surface area contributed by atoms with Crippen molar-refractivity contribution < 1.29 is 14.1 Å². The zero-order valence-corrected chi connectivity index (χ0v) is 14.7. The molecule has 0 atom stereocenters. The molecule has 2 heterocycles. The fourth-order valence-electron chi connectivity index (χ4n) is 2.96. The van der Waals surface area contributed by atoms with Gasteiger partial charge in [0.15, 0.2) is 6.61 Å². The third kappa shape index (κ3) is 2.94. The molecule has 0 saturated carbocycles. The van der Waals surface area contributed by atoms with Gasteiger partial charge in [-0.25, -0.2) is 0 Å². The van der Waals surface area contributed by atoms with Crippen molar-refractivity contribution in [1.29, 1.82) is 0 Å². The number of ether oxygens (including phenoxy) is 1. The van der Waals surface area contributed by atoms with Gasteiger partial charge in [-0.2, -0.15) is 4.98 Å². The van der Waals surface area contributed by atoms with Crippen molar-refractivity contribution >= 4 is 11.6 Å². The maximum absolute atomic E-state index is 12.2. The molecule has 4 rings (SSSR count). The Morgan fingerprint density at radius 2 is 1.88 bits per heavy atom. The summed E-state index contributed by atoms with van der Waals surface area (Å²) in [5.41, 5.74) is 3.58. The molecule has 0 unspecified atom stereocenters. The molecule has 1 aliphatic heterocycles. The number of amides is 1. The second kappa shape index (κ2) is 6.63. The number of fused-ring (bicyclic) bond motifs is 1. The molecule has 1 aromatic heterocycles. The molecule has 0 spiro atoms. The van der Waals surface area contributed by atoms with E-state index in [2.05, 4.69) is 10.1 Å². The maximum atomic E-state index is 12.2. The van der Waals surface area contributed by atoms with Gasteiger partial charge in [0.05, 0.1) is 5.69 Å². The van der Waals surface area contributed by atoms with Crippen molar-refractivity contribution in [3.63, 3.8) is 0 Å². The van der Waals surface area contributed by atoms with E-state index in [1.165, 1.54) is 5.56 Å². The van der Waals surface area contributed by atoms with E-state index in [1.54, 1.807) is 4.90 Å². The normalized spacial score (nSPS) is 13.5. The van der Waals surface area contributed by atoms with Crippen molar-refractivity contribution in [3.8, 4) is 28.6 Å². The first kappa shape index (κ1) is 16.3. The molecule has 1 aliphatic rings. The molecule has 1 amide bonds. The Kier molecular flexibility index (Phi) is 4.16. The highest BCUT2D eigenvalue weighted by atomic mass is 16.5. The van der Waals surface area contributed by atoms with Gasteiger partial charge in [0.2, 0.25) is 5.82 Å². The van der Waals surface area contributed by atoms with Crippen molar-refractivity contribution in [1.82, 2.24) is 10.1 Å². The molecule has 2 aromatic carbocycles. The molecular formula is C20H19N3O3. The van der Waals surface area contributed by atoms with E-state index >= 15 is 0 Å². The zero-order valence-electron chi connectivity index (χ0n) is 14.7. The van der Waals surface area contributed by atoms with E-state index in [1.807, 2.05) is 56.3 Å².